The molecule has 1 aromatic rings. The maximum atomic E-state index is 5.71. The van der Waals surface area contributed by atoms with Crippen molar-refractivity contribution < 1.29 is 4.74 Å². The molecule has 1 aliphatic rings. The summed E-state index contributed by atoms with van der Waals surface area (Å²) in [7, 11) is 1.99. The number of hydrogen-bond donors (Lipinski definition) is 1. The Kier molecular flexibility index (Phi) is 5.25. The number of benzene rings is 1. The van der Waals surface area contributed by atoms with E-state index in [0.29, 0.717) is 12.1 Å². The van der Waals surface area contributed by atoms with Gasteiger partial charge in [0.2, 0.25) is 0 Å². The molecular weight excluding hydrogens is 304 g/mol. The Hall–Kier alpha value is -0.580. The van der Waals surface area contributed by atoms with Crippen molar-refractivity contribution in [2.45, 2.75) is 32.4 Å². The highest BCUT2D eigenvalue weighted by molar-refractivity contribution is 9.10. The van der Waals surface area contributed by atoms with Gasteiger partial charge in [-0.3, -0.25) is 0 Å². The van der Waals surface area contributed by atoms with Gasteiger partial charge in [0, 0.05) is 30.2 Å². The zero-order valence-corrected chi connectivity index (χ0v) is 13.5. The van der Waals surface area contributed by atoms with Crippen molar-refractivity contribution in [3.63, 3.8) is 0 Å². The molecule has 0 spiro atoms. The summed E-state index contributed by atoms with van der Waals surface area (Å²) in [4.78, 5) is 2.41. The summed E-state index contributed by atoms with van der Waals surface area (Å²) >= 11 is 3.72. The van der Waals surface area contributed by atoms with Crippen LogP contribution in [-0.4, -0.2) is 32.8 Å². The summed E-state index contributed by atoms with van der Waals surface area (Å²) in [5.74, 6) is 0. The first-order valence-corrected chi connectivity index (χ1v) is 7.74. The summed E-state index contributed by atoms with van der Waals surface area (Å²) < 4.78 is 6.87. The largest absolute Gasteiger partial charge is 0.377 e. The second-order valence-corrected chi connectivity index (χ2v) is 6.06. The van der Waals surface area contributed by atoms with Crippen LogP contribution in [0.4, 0.5) is 5.69 Å². The van der Waals surface area contributed by atoms with Gasteiger partial charge in [-0.1, -0.05) is 6.07 Å². The Balaban J connectivity index is 2.20. The third-order valence-electron chi connectivity index (χ3n) is 3.70. The second-order valence-electron chi connectivity index (χ2n) is 5.20. The molecule has 1 aromatic carbocycles. The summed E-state index contributed by atoms with van der Waals surface area (Å²) in [6.07, 6.45) is 1.39. The van der Waals surface area contributed by atoms with E-state index in [1.54, 1.807) is 0 Å². The van der Waals surface area contributed by atoms with Gasteiger partial charge in [-0.2, -0.15) is 0 Å². The van der Waals surface area contributed by atoms with Crippen molar-refractivity contribution in [2.24, 2.45) is 0 Å². The predicted molar refractivity (Wildman–Crippen MR) is 83.9 cm³/mol. The van der Waals surface area contributed by atoms with E-state index >= 15 is 0 Å². The van der Waals surface area contributed by atoms with Crippen molar-refractivity contribution in [2.75, 3.05) is 31.6 Å². The van der Waals surface area contributed by atoms with E-state index in [1.807, 2.05) is 7.05 Å². The Morgan fingerprint density at radius 2 is 2.26 bits per heavy atom. The van der Waals surface area contributed by atoms with Crippen LogP contribution in [-0.2, 0) is 4.74 Å². The molecule has 1 fully saturated rings. The predicted octanol–water partition coefficient (Wildman–Crippen LogP) is 3.34. The van der Waals surface area contributed by atoms with Crippen molar-refractivity contribution in [1.29, 1.82) is 0 Å². The molecule has 2 rings (SSSR count). The van der Waals surface area contributed by atoms with Gasteiger partial charge >= 0.3 is 0 Å². The molecule has 0 amide bonds. The van der Waals surface area contributed by atoms with Gasteiger partial charge in [0.25, 0.3) is 0 Å². The van der Waals surface area contributed by atoms with E-state index < -0.39 is 0 Å². The minimum atomic E-state index is 0.297. The Labute approximate surface area is 124 Å². The third-order valence-corrected chi connectivity index (χ3v) is 4.33. The van der Waals surface area contributed by atoms with E-state index in [4.69, 9.17) is 4.74 Å². The number of hydrogen-bond acceptors (Lipinski definition) is 3. The lowest BCUT2D eigenvalue weighted by Gasteiger charge is -2.26. The summed E-state index contributed by atoms with van der Waals surface area (Å²) in [6, 6.07) is 7.01. The molecule has 0 saturated carbocycles. The van der Waals surface area contributed by atoms with Crippen LogP contribution in [0.2, 0.25) is 0 Å². The molecule has 1 aliphatic heterocycles. The molecule has 2 atom stereocenters. The SMILES string of the molecule is CNC(C)c1ccc(N2CCCOC(C)C2)c(Br)c1. The molecule has 0 aromatic heterocycles. The third kappa shape index (κ3) is 3.71. The fourth-order valence-corrected chi connectivity index (χ4v) is 3.08. The van der Waals surface area contributed by atoms with Crippen molar-refractivity contribution in [1.82, 2.24) is 5.32 Å². The highest BCUT2D eigenvalue weighted by Crippen LogP contribution is 2.30. The fourth-order valence-electron chi connectivity index (χ4n) is 2.43. The number of anilines is 1. The molecule has 1 saturated heterocycles. The summed E-state index contributed by atoms with van der Waals surface area (Å²) in [6.45, 7) is 7.19. The van der Waals surface area contributed by atoms with Gasteiger partial charge < -0.3 is 15.0 Å². The minimum Gasteiger partial charge on any atom is -0.377 e. The van der Waals surface area contributed by atoms with Crippen LogP contribution in [0, 0.1) is 0 Å². The number of nitrogens with one attached hydrogen (secondary N) is 1. The first-order chi connectivity index (χ1) is 9.11. The summed E-state index contributed by atoms with van der Waals surface area (Å²) in [5, 5.41) is 3.27. The first kappa shape index (κ1) is 14.8. The van der Waals surface area contributed by atoms with Gasteiger partial charge in [0.1, 0.15) is 0 Å². The molecule has 106 valence electrons. The van der Waals surface area contributed by atoms with E-state index in [2.05, 4.69) is 58.2 Å². The molecule has 2 unspecified atom stereocenters. The van der Waals surface area contributed by atoms with Crippen molar-refractivity contribution in [3.05, 3.63) is 28.2 Å². The zero-order valence-electron chi connectivity index (χ0n) is 11.9. The molecule has 1 N–H and O–H groups in total. The van der Waals surface area contributed by atoms with Gasteiger partial charge in [0.05, 0.1) is 11.8 Å². The lowest BCUT2D eigenvalue weighted by Crippen LogP contribution is -2.30. The molecule has 19 heavy (non-hydrogen) atoms. The highest BCUT2D eigenvalue weighted by Gasteiger charge is 2.17. The Morgan fingerprint density at radius 1 is 1.47 bits per heavy atom. The van der Waals surface area contributed by atoms with Crippen molar-refractivity contribution >= 4 is 21.6 Å². The monoisotopic (exact) mass is 326 g/mol. The number of ether oxygens (including phenoxy) is 1. The molecule has 0 radical (unpaired) electrons. The molecular formula is C15H23BrN2O. The lowest BCUT2D eigenvalue weighted by molar-refractivity contribution is 0.0821. The molecule has 0 bridgehead atoms. The second kappa shape index (κ2) is 6.73. The molecule has 1 heterocycles. The maximum Gasteiger partial charge on any atom is 0.0721 e. The van der Waals surface area contributed by atoms with Crippen LogP contribution in [0.3, 0.4) is 0 Å². The summed E-state index contributed by atoms with van der Waals surface area (Å²) in [5.41, 5.74) is 2.57. The van der Waals surface area contributed by atoms with Gasteiger partial charge in [-0.15, -0.1) is 0 Å². The van der Waals surface area contributed by atoms with Crippen LogP contribution < -0.4 is 10.2 Å². The average Bonchev–Trinajstić information content (AvgIpc) is 2.62. The van der Waals surface area contributed by atoms with Crippen LogP contribution in [0.15, 0.2) is 22.7 Å². The Bertz CT molecular complexity index is 425. The fraction of sp³-hybridized carbons (Fsp3) is 0.600. The van der Waals surface area contributed by atoms with E-state index in [9.17, 15) is 0 Å². The van der Waals surface area contributed by atoms with Crippen LogP contribution in [0.1, 0.15) is 31.9 Å². The van der Waals surface area contributed by atoms with E-state index in [1.165, 1.54) is 15.7 Å². The topological polar surface area (TPSA) is 24.5 Å². The van der Waals surface area contributed by atoms with Crippen molar-refractivity contribution in [3.8, 4) is 0 Å². The average molecular weight is 327 g/mol. The smallest absolute Gasteiger partial charge is 0.0721 e. The minimum absolute atomic E-state index is 0.297. The Morgan fingerprint density at radius 3 is 2.95 bits per heavy atom. The molecule has 0 aliphatic carbocycles. The number of nitrogens with zero attached hydrogens (tertiary/aromatic N) is 1. The normalized spacial score (nSPS) is 22.1. The van der Waals surface area contributed by atoms with Gasteiger partial charge in [0.15, 0.2) is 0 Å². The van der Waals surface area contributed by atoms with Crippen LogP contribution in [0.25, 0.3) is 0 Å². The molecule has 4 heteroatoms. The van der Waals surface area contributed by atoms with Crippen LogP contribution >= 0.6 is 15.9 Å². The number of rotatable bonds is 3. The van der Waals surface area contributed by atoms with E-state index in [-0.39, 0.29) is 0 Å². The highest BCUT2D eigenvalue weighted by atomic mass is 79.9. The first-order valence-electron chi connectivity index (χ1n) is 6.95. The zero-order chi connectivity index (χ0) is 13.8. The van der Waals surface area contributed by atoms with E-state index in [0.717, 1.165) is 26.1 Å². The van der Waals surface area contributed by atoms with Gasteiger partial charge in [-0.05, 0) is 60.9 Å². The van der Waals surface area contributed by atoms with Crippen LogP contribution in [0.5, 0.6) is 0 Å². The molecule has 3 nitrogen and oxygen atoms in total. The van der Waals surface area contributed by atoms with Gasteiger partial charge in [-0.25, -0.2) is 0 Å². The number of halogens is 1. The maximum absolute atomic E-state index is 5.71. The lowest BCUT2D eigenvalue weighted by atomic mass is 10.1. The quantitative estimate of drug-likeness (QED) is 0.921. The standard InChI is InChI=1S/C15H23BrN2O/c1-11-10-18(7-4-8-19-11)15-6-5-13(9-14(15)16)12(2)17-3/h5-6,9,11-12,17H,4,7-8,10H2,1-3H3.